The van der Waals surface area contributed by atoms with Crippen molar-refractivity contribution in [3.63, 3.8) is 0 Å². The summed E-state index contributed by atoms with van der Waals surface area (Å²) in [6, 6.07) is 0. The first-order valence-corrected chi connectivity index (χ1v) is 4.71. The van der Waals surface area contributed by atoms with Crippen molar-refractivity contribution in [2.75, 3.05) is 0 Å². The molecule has 1 aromatic rings. The fourth-order valence-electron chi connectivity index (χ4n) is 1.29. The van der Waals surface area contributed by atoms with Gasteiger partial charge in [-0.05, 0) is 0 Å². The van der Waals surface area contributed by atoms with Gasteiger partial charge in [0.1, 0.15) is 5.15 Å². The Morgan fingerprint density at radius 1 is 1.59 bits per heavy atom. The molecule has 17 heavy (non-hydrogen) atoms. The van der Waals surface area contributed by atoms with Crippen LogP contribution in [0.1, 0.15) is 23.8 Å². The molecule has 1 aromatic heterocycles. The van der Waals surface area contributed by atoms with Crippen molar-refractivity contribution < 1.29 is 28.2 Å². The number of aryl methyl sites for hydroxylation is 1. The lowest BCUT2D eigenvalue weighted by atomic mass is 10.1. The Morgan fingerprint density at radius 2 is 2.12 bits per heavy atom. The number of aromatic nitrogens is 2. The average molecular weight is 273 g/mol. The Bertz CT molecular complexity index is 444. The normalized spacial score (nSPS) is 13.8. The smallest absolute Gasteiger partial charge is 0.435 e. The van der Waals surface area contributed by atoms with Crippen molar-refractivity contribution in [1.29, 1.82) is 0 Å². The molecule has 5 nitrogen and oxygen atoms in total. The number of aliphatic carboxylic acids is 1. The topological polar surface area (TPSA) is 75.3 Å². The summed E-state index contributed by atoms with van der Waals surface area (Å²) in [7, 11) is 1.16. The minimum Gasteiger partial charge on any atom is -0.481 e. The van der Waals surface area contributed by atoms with E-state index >= 15 is 0 Å². The maximum absolute atomic E-state index is 12.5. The summed E-state index contributed by atoms with van der Waals surface area (Å²) in [5, 5.41) is 20.5. The highest BCUT2D eigenvalue weighted by Crippen LogP contribution is 2.38. The van der Waals surface area contributed by atoms with Gasteiger partial charge in [0, 0.05) is 7.05 Å². The fraction of sp³-hybridized carbons (Fsp3) is 0.500. The second kappa shape index (κ2) is 4.53. The second-order valence-corrected chi connectivity index (χ2v) is 3.65. The number of aliphatic hydroxyl groups is 1. The van der Waals surface area contributed by atoms with E-state index in [1.54, 1.807) is 0 Å². The summed E-state index contributed by atoms with van der Waals surface area (Å²) in [6.07, 6.45) is -7.54. The van der Waals surface area contributed by atoms with Gasteiger partial charge in [0.25, 0.3) is 0 Å². The lowest BCUT2D eigenvalue weighted by Crippen LogP contribution is -2.13. The summed E-state index contributed by atoms with van der Waals surface area (Å²) in [5.74, 6) is -1.44. The number of rotatable bonds is 3. The van der Waals surface area contributed by atoms with Crippen molar-refractivity contribution in [2.45, 2.75) is 18.7 Å². The van der Waals surface area contributed by atoms with Gasteiger partial charge in [0.2, 0.25) is 0 Å². The largest absolute Gasteiger partial charge is 0.481 e. The van der Waals surface area contributed by atoms with E-state index in [1.165, 1.54) is 0 Å². The first-order valence-electron chi connectivity index (χ1n) is 4.34. The van der Waals surface area contributed by atoms with Crippen LogP contribution in [0.4, 0.5) is 13.2 Å². The summed E-state index contributed by atoms with van der Waals surface area (Å²) < 4.78 is 38.4. The molecule has 1 atom stereocenters. The standard InChI is InChI=1S/C8H8ClF3N2O3/c1-14-7(9)5(3(15)2-4(16)17)6(13-14)8(10,11)12/h3,15H,2H2,1H3,(H,16,17). The predicted octanol–water partition coefficient (Wildman–Crippen LogP) is 1.60. The Kier molecular flexibility index (Phi) is 3.68. The van der Waals surface area contributed by atoms with Crippen molar-refractivity contribution in [2.24, 2.45) is 7.05 Å². The van der Waals surface area contributed by atoms with E-state index < -0.39 is 41.1 Å². The van der Waals surface area contributed by atoms with Gasteiger partial charge in [-0.1, -0.05) is 11.6 Å². The molecule has 0 radical (unpaired) electrons. The molecule has 0 fully saturated rings. The molecule has 9 heteroatoms. The van der Waals surface area contributed by atoms with E-state index in [4.69, 9.17) is 16.7 Å². The number of nitrogens with zero attached hydrogens (tertiary/aromatic N) is 2. The van der Waals surface area contributed by atoms with Crippen molar-refractivity contribution in [3.05, 3.63) is 16.4 Å². The first-order chi connectivity index (χ1) is 7.64. The molecule has 1 heterocycles. The van der Waals surface area contributed by atoms with Crippen molar-refractivity contribution >= 4 is 17.6 Å². The predicted molar refractivity (Wildman–Crippen MR) is 50.4 cm³/mol. The number of alkyl halides is 3. The van der Waals surface area contributed by atoms with E-state index in [0.717, 1.165) is 11.7 Å². The highest BCUT2D eigenvalue weighted by Gasteiger charge is 2.40. The molecule has 0 saturated heterocycles. The van der Waals surface area contributed by atoms with Gasteiger partial charge in [-0.3, -0.25) is 9.48 Å². The van der Waals surface area contributed by atoms with Crippen LogP contribution in [0.5, 0.6) is 0 Å². The second-order valence-electron chi connectivity index (χ2n) is 3.29. The number of hydrogen-bond acceptors (Lipinski definition) is 3. The molecule has 0 saturated carbocycles. The van der Waals surface area contributed by atoms with Crippen LogP contribution in [0.25, 0.3) is 0 Å². The van der Waals surface area contributed by atoms with Gasteiger partial charge in [-0.15, -0.1) is 0 Å². The number of carboxylic acids is 1. The zero-order valence-corrected chi connectivity index (χ0v) is 9.25. The summed E-state index contributed by atoms with van der Waals surface area (Å²) in [5.41, 5.74) is -2.09. The van der Waals surface area contributed by atoms with E-state index in [-0.39, 0.29) is 0 Å². The van der Waals surface area contributed by atoms with Crippen molar-refractivity contribution in [1.82, 2.24) is 9.78 Å². The van der Waals surface area contributed by atoms with Gasteiger partial charge >= 0.3 is 12.1 Å². The van der Waals surface area contributed by atoms with Crippen LogP contribution in [0.2, 0.25) is 5.15 Å². The molecular formula is C8H8ClF3N2O3. The van der Waals surface area contributed by atoms with Gasteiger partial charge < -0.3 is 10.2 Å². The molecule has 0 aliphatic carbocycles. The monoisotopic (exact) mass is 272 g/mol. The quantitative estimate of drug-likeness (QED) is 0.876. The van der Waals surface area contributed by atoms with Crippen LogP contribution >= 0.6 is 11.6 Å². The van der Waals surface area contributed by atoms with Crippen LogP contribution in [0.15, 0.2) is 0 Å². The van der Waals surface area contributed by atoms with E-state index in [1.807, 2.05) is 0 Å². The third-order valence-electron chi connectivity index (χ3n) is 1.98. The highest BCUT2D eigenvalue weighted by atomic mass is 35.5. The summed E-state index contributed by atoms with van der Waals surface area (Å²) in [6.45, 7) is 0. The summed E-state index contributed by atoms with van der Waals surface area (Å²) in [4.78, 5) is 10.4. The first kappa shape index (κ1) is 13.8. The number of carboxylic acid groups (broad SMARTS) is 1. The Hall–Kier alpha value is -1.28. The molecule has 0 aromatic carbocycles. The number of hydrogen-bond donors (Lipinski definition) is 2. The lowest BCUT2D eigenvalue weighted by Gasteiger charge is -2.10. The van der Waals surface area contributed by atoms with Crippen LogP contribution in [-0.4, -0.2) is 26.0 Å². The molecule has 0 aliphatic heterocycles. The highest BCUT2D eigenvalue weighted by molar-refractivity contribution is 6.30. The molecule has 1 rings (SSSR count). The van der Waals surface area contributed by atoms with Crippen LogP contribution in [-0.2, 0) is 18.0 Å². The third kappa shape index (κ3) is 2.89. The van der Waals surface area contributed by atoms with Crippen molar-refractivity contribution in [3.8, 4) is 0 Å². The van der Waals surface area contributed by atoms with Gasteiger partial charge in [-0.25, -0.2) is 0 Å². The molecule has 0 spiro atoms. The van der Waals surface area contributed by atoms with Crippen LogP contribution in [0, 0.1) is 0 Å². The van der Waals surface area contributed by atoms with Gasteiger partial charge in [0.15, 0.2) is 5.69 Å². The molecule has 2 N–H and O–H groups in total. The lowest BCUT2D eigenvalue weighted by molar-refractivity contribution is -0.145. The SMILES string of the molecule is Cn1nc(C(F)(F)F)c(C(O)CC(=O)O)c1Cl. The van der Waals surface area contributed by atoms with Gasteiger partial charge in [-0.2, -0.15) is 18.3 Å². The molecule has 0 aliphatic rings. The van der Waals surface area contributed by atoms with Gasteiger partial charge in [0.05, 0.1) is 18.1 Å². The minimum absolute atomic E-state index is 0.439. The Balaban J connectivity index is 3.26. The van der Waals surface area contributed by atoms with E-state index in [2.05, 4.69) is 5.10 Å². The van der Waals surface area contributed by atoms with E-state index in [0.29, 0.717) is 0 Å². The molecular weight excluding hydrogens is 265 g/mol. The number of carbonyl (C=O) groups is 1. The Morgan fingerprint density at radius 3 is 2.53 bits per heavy atom. The molecule has 96 valence electrons. The van der Waals surface area contributed by atoms with Crippen LogP contribution < -0.4 is 0 Å². The zero-order valence-electron chi connectivity index (χ0n) is 8.49. The maximum Gasteiger partial charge on any atom is 0.435 e. The number of aliphatic hydroxyl groups excluding tert-OH is 1. The fourth-order valence-corrected chi connectivity index (χ4v) is 1.55. The van der Waals surface area contributed by atoms with E-state index in [9.17, 15) is 23.1 Å². The minimum atomic E-state index is -4.81. The molecule has 0 amide bonds. The zero-order chi connectivity index (χ0) is 13.4. The average Bonchev–Trinajstić information content (AvgIpc) is 2.41. The molecule has 0 bridgehead atoms. The molecule has 1 unspecified atom stereocenters. The Labute approximate surface area is 98.4 Å². The summed E-state index contributed by atoms with van der Waals surface area (Å²) >= 11 is 5.55. The third-order valence-corrected chi connectivity index (χ3v) is 2.43. The van der Waals surface area contributed by atoms with Crippen LogP contribution in [0.3, 0.4) is 0 Å². The maximum atomic E-state index is 12.5. The number of halogens is 4.